The molecule has 4 rings (SSSR count). The molecule has 1 atom stereocenters. The number of carbonyl (C=O) groups is 1. The zero-order valence-corrected chi connectivity index (χ0v) is 15.7. The summed E-state index contributed by atoms with van der Waals surface area (Å²) in [5.74, 6) is 0. The van der Waals surface area contributed by atoms with Crippen LogP contribution in [0.5, 0.6) is 0 Å². The molecule has 2 amide bonds. The van der Waals surface area contributed by atoms with Gasteiger partial charge in [0.2, 0.25) is 0 Å². The minimum absolute atomic E-state index is 0.152. The van der Waals surface area contributed by atoms with E-state index < -0.39 is 6.10 Å². The number of aliphatic hydroxyl groups is 1. The van der Waals surface area contributed by atoms with Gasteiger partial charge in [0.15, 0.2) is 0 Å². The van der Waals surface area contributed by atoms with Crippen LogP contribution in [0.4, 0.5) is 4.79 Å². The molecule has 5 heteroatoms. The van der Waals surface area contributed by atoms with Crippen LogP contribution in [0, 0.1) is 0 Å². The van der Waals surface area contributed by atoms with E-state index >= 15 is 0 Å². The van der Waals surface area contributed by atoms with Gasteiger partial charge in [-0.3, -0.25) is 0 Å². The third kappa shape index (κ3) is 3.70. The number of hydrogen-bond acceptors (Lipinski definition) is 2. The van der Waals surface area contributed by atoms with Crippen LogP contribution >= 0.6 is 0 Å². The van der Waals surface area contributed by atoms with E-state index in [1.807, 2.05) is 72.4 Å². The summed E-state index contributed by atoms with van der Waals surface area (Å²) in [6.45, 7) is 0.582. The maximum absolute atomic E-state index is 12.2. The zero-order valence-electron chi connectivity index (χ0n) is 15.7. The molecule has 0 saturated heterocycles. The maximum atomic E-state index is 12.2. The summed E-state index contributed by atoms with van der Waals surface area (Å²) in [5.41, 5.74) is 2.95. The summed E-state index contributed by atoms with van der Waals surface area (Å²) in [6.07, 6.45) is 1.23. The zero-order chi connectivity index (χ0) is 19.5. The van der Waals surface area contributed by atoms with Gasteiger partial charge in [-0.05, 0) is 45.5 Å². The Balaban J connectivity index is 1.34. The van der Waals surface area contributed by atoms with Crippen molar-refractivity contribution in [3.05, 3.63) is 84.1 Å². The van der Waals surface area contributed by atoms with Crippen molar-refractivity contribution in [3.63, 3.8) is 0 Å². The Kier molecular flexibility index (Phi) is 5.00. The summed E-state index contributed by atoms with van der Waals surface area (Å²) in [7, 11) is 1.99. The van der Waals surface area contributed by atoms with Crippen molar-refractivity contribution in [2.45, 2.75) is 12.6 Å². The minimum atomic E-state index is -0.757. The van der Waals surface area contributed by atoms with Gasteiger partial charge in [0.05, 0.1) is 6.10 Å². The van der Waals surface area contributed by atoms with Crippen molar-refractivity contribution in [1.29, 1.82) is 0 Å². The molecule has 0 aliphatic rings. The minimum Gasteiger partial charge on any atom is -0.387 e. The molecular weight excluding hydrogens is 350 g/mol. The fourth-order valence-corrected chi connectivity index (χ4v) is 3.50. The molecule has 0 radical (unpaired) electrons. The summed E-state index contributed by atoms with van der Waals surface area (Å²) in [6, 6.07) is 21.7. The van der Waals surface area contributed by atoms with Gasteiger partial charge in [-0.1, -0.05) is 48.5 Å². The van der Waals surface area contributed by atoms with Crippen molar-refractivity contribution in [3.8, 4) is 0 Å². The second-order valence-corrected chi connectivity index (χ2v) is 6.96. The molecule has 28 heavy (non-hydrogen) atoms. The SMILES string of the molecule is Cn1ccc2cc(C(O)CNC(=O)NCc3cccc4ccccc34)ccc21. The van der Waals surface area contributed by atoms with Crippen LogP contribution in [0.25, 0.3) is 21.7 Å². The molecular formula is C23H23N3O2. The van der Waals surface area contributed by atoms with Crippen LogP contribution < -0.4 is 10.6 Å². The van der Waals surface area contributed by atoms with Gasteiger partial charge in [0.25, 0.3) is 0 Å². The van der Waals surface area contributed by atoms with Crippen molar-refractivity contribution in [2.75, 3.05) is 6.54 Å². The lowest BCUT2D eigenvalue weighted by molar-refractivity contribution is 0.173. The predicted molar refractivity (Wildman–Crippen MR) is 112 cm³/mol. The van der Waals surface area contributed by atoms with E-state index in [0.29, 0.717) is 6.54 Å². The van der Waals surface area contributed by atoms with E-state index in [-0.39, 0.29) is 12.6 Å². The standard InChI is InChI=1S/C23H23N3O2/c1-26-12-11-17-13-18(9-10-21(17)26)22(27)15-25-23(28)24-14-19-7-4-6-16-5-2-3-8-20(16)19/h2-13,22,27H,14-15H2,1H3,(H2,24,25,28). The molecule has 5 nitrogen and oxygen atoms in total. The largest absolute Gasteiger partial charge is 0.387 e. The van der Waals surface area contributed by atoms with Gasteiger partial charge >= 0.3 is 6.03 Å². The first-order valence-corrected chi connectivity index (χ1v) is 9.33. The lowest BCUT2D eigenvalue weighted by atomic mass is 10.0. The molecule has 0 fully saturated rings. The van der Waals surface area contributed by atoms with Crippen molar-refractivity contribution in [2.24, 2.45) is 7.05 Å². The Labute approximate surface area is 163 Å². The van der Waals surface area contributed by atoms with Gasteiger partial charge in [-0.2, -0.15) is 0 Å². The van der Waals surface area contributed by atoms with Crippen LogP contribution in [0.3, 0.4) is 0 Å². The molecule has 4 aromatic rings. The molecule has 1 unspecified atom stereocenters. The number of aryl methyl sites for hydroxylation is 1. The predicted octanol–water partition coefficient (Wildman–Crippen LogP) is 3.86. The summed E-state index contributed by atoms with van der Waals surface area (Å²) in [4.78, 5) is 12.2. The normalized spacial score (nSPS) is 12.2. The quantitative estimate of drug-likeness (QED) is 0.497. The van der Waals surface area contributed by atoms with E-state index in [2.05, 4.69) is 22.8 Å². The number of amides is 2. The Morgan fingerprint density at radius 2 is 1.82 bits per heavy atom. The highest BCUT2D eigenvalue weighted by Crippen LogP contribution is 2.21. The Morgan fingerprint density at radius 1 is 1.00 bits per heavy atom. The number of aromatic nitrogens is 1. The van der Waals surface area contributed by atoms with Crippen LogP contribution in [0.1, 0.15) is 17.2 Å². The second kappa shape index (κ2) is 7.74. The molecule has 1 heterocycles. The van der Waals surface area contributed by atoms with Gasteiger partial charge in [-0.25, -0.2) is 4.79 Å². The number of fused-ring (bicyclic) bond motifs is 2. The van der Waals surface area contributed by atoms with Gasteiger partial charge in [0.1, 0.15) is 0 Å². The van der Waals surface area contributed by atoms with Crippen LogP contribution in [-0.4, -0.2) is 22.2 Å². The molecule has 142 valence electrons. The van der Waals surface area contributed by atoms with Gasteiger partial charge in [0, 0.05) is 31.9 Å². The smallest absolute Gasteiger partial charge is 0.315 e. The summed E-state index contributed by atoms with van der Waals surface area (Å²) in [5, 5.41) is 19.4. The lowest BCUT2D eigenvalue weighted by Gasteiger charge is -2.14. The van der Waals surface area contributed by atoms with E-state index in [9.17, 15) is 9.90 Å². The molecule has 0 bridgehead atoms. The Morgan fingerprint density at radius 3 is 2.71 bits per heavy atom. The van der Waals surface area contributed by atoms with Crippen molar-refractivity contribution >= 4 is 27.7 Å². The average molecular weight is 373 g/mol. The second-order valence-electron chi connectivity index (χ2n) is 6.96. The van der Waals surface area contributed by atoms with E-state index in [4.69, 9.17) is 0 Å². The number of carbonyl (C=O) groups excluding carboxylic acids is 1. The first-order valence-electron chi connectivity index (χ1n) is 9.33. The summed E-state index contributed by atoms with van der Waals surface area (Å²) < 4.78 is 2.03. The monoisotopic (exact) mass is 373 g/mol. The summed E-state index contributed by atoms with van der Waals surface area (Å²) >= 11 is 0. The number of benzene rings is 3. The van der Waals surface area contributed by atoms with Crippen LogP contribution in [-0.2, 0) is 13.6 Å². The first kappa shape index (κ1) is 18.1. The molecule has 3 aromatic carbocycles. The highest BCUT2D eigenvalue weighted by molar-refractivity contribution is 5.86. The molecule has 0 spiro atoms. The third-order valence-electron chi connectivity index (χ3n) is 5.07. The van der Waals surface area contributed by atoms with Crippen molar-refractivity contribution < 1.29 is 9.90 Å². The van der Waals surface area contributed by atoms with Crippen molar-refractivity contribution in [1.82, 2.24) is 15.2 Å². The van der Waals surface area contributed by atoms with Crippen LogP contribution in [0.2, 0.25) is 0 Å². The number of hydrogen-bond donors (Lipinski definition) is 3. The van der Waals surface area contributed by atoms with Gasteiger partial charge in [-0.15, -0.1) is 0 Å². The van der Waals surface area contributed by atoms with E-state index in [1.54, 1.807) is 0 Å². The topological polar surface area (TPSA) is 66.3 Å². The molecule has 1 aromatic heterocycles. The highest BCUT2D eigenvalue weighted by atomic mass is 16.3. The molecule has 0 saturated carbocycles. The number of nitrogens with zero attached hydrogens (tertiary/aromatic N) is 1. The maximum Gasteiger partial charge on any atom is 0.315 e. The third-order valence-corrected chi connectivity index (χ3v) is 5.07. The lowest BCUT2D eigenvalue weighted by Crippen LogP contribution is -2.37. The Bertz CT molecular complexity index is 1130. The molecule has 0 aliphatic carbocycles. The number of urea groups is 1. The Hall–Kier alpha value is -3.31. The molecule has 0 aliphatic heterocycles. The number of aliphatic hydroxyl groups excluding tert-OH is 1. The fourth-order valence-electron chi connectivity index (χ4n) is 3.50. The number of nitrogens with one attached hydrogen (secondary N) is 2. The first-order chi connectivity index (χ1) is 13.6. The van der Waals surface area contributed by atoms with E-state index in [0.717, 1.165) is 32.8 Å². The van der Waals surface area contributed by atoms with E-state index in [1.165, 1.54) is 0 Å². The number of rotatable bonds is 5. The highest BCUT2D eigenvalue weighted by Gasteiger charge is 2.11. The van der Waals surface area contributed by atoms with Gasteiger partial charge < -0.3 is 20.3 Å². The fraction of sp³-hybridized carbons (Fsp3) is 0.174. The molecule has 3 N–H and O–H groups in total. The van der Waals surface area contributed by atoms with Crippen LogP contribution in [0.15, 0.2) is 72.9 Å². The average Bonchev–Trinajstić information content (AvgIpc) is 3.10.